The topological polar surface area (TPSA) is 112 Å². The average Bonchev–Trinajstić information content (AvgIpc) is 3.04. The molecule has 0 aliphatic carbocycles. The molecule has 0 saturated carbocycles. The zero-order valence-corrected chi connectivity index (χ0v) is 27.1. The number of ether oxygens (including phenoxy) is 4. The third-order valence-corrected chi connectivity index (χ3v) is 7.23. The van der Waals surface area contributed by atoms with Gasteiger partial charge in [0.1, 0.15) is 12.2 Å². The van der Waals surface area contributed by atoms with E-state index in [4.69, 9.17) is 42.1 Å². The Morgan fingerprint density at radius 3 is 1.52 bits per heavy atom. The number of aliphatic hydroxyl groups excluding tert-OH is 2. The van der Waals surface area contributed by atoms with Gasteiger partial charge in [-0.1, -0.05) is 120 Å². The van der Waals surface area contributed by atoms with Crippen molar-refractivity contribution in [1.82, 2.24) is 0 Å². The van der Waals surface area contributed by atoms with Crippen molar-refractivity contribution < 1.29 is 38.7 Å². The minimum absolute atomic E-state index is 0.0259. The molecule has 0 spiro atoms. The molecule has 0 aliphatic heterocycles. The molecule has 4 aromatic rings. The molecule has 2 N–H and O–H groups in total. The quantitative estimate of drug-likeness (QED) is 0.138. The highest BCUT2D eigenvalue weighted by Gasteiger charge is 2.27. The van der Waals surface area contributed by atoms with Gasteiger partial charge in [-0.05, 0) is 23.3 Å². The highest BCUT2D eigenvalue weighted by molar-refractivity contribution is 6.31. The van der Waals surface area contributed by atoms with Crippen molar-refractivity contribution in [2.24, 2.45) is 0 Å². The summed E-state index contributed by atoms with van der Waals surface area (Å²) in [6.07, 6.45) is -3.75. The molecule has 0 bridgehead atoms. The smallest absolute Gasteiger partial charge is 0.303 e. The monoisotopic (exact) mass is 668 g/mol. The van der Waals surface area contributed by atoms with Crippen LogP contribution in [0.3, 0.4) is 0 Å². The van der Waals surface area contributed by atoms with Gasteiger partial charge >= 0.3 is 11.9 Å². The Balaban J connectivity index is 0.000000250. The Morgan fingerprint density at radius 2 is 1.04 bits per heavy atom. The number of esters is 2. The van der Waals surface area contributed by atoms with Crippen LogP contribution in [0.4, 0.5) is 0 Å². The van der Waals surface area contributed by atoms with Gasteiger partial charge in [0.05, 0.1) is 26.4 Å². The van der Waals surface area contributed by atoms with Crippen LogP contribution in [-0.2, 0) is 41.8 Å². The van der Waals surface area contributed by atoms with Gasteiger partial charge in [-0.2, -0.15) is 0 Å². The highest BCUT2D eigenvalue weighted by atomic mass is 35.5. The molecule has 4 aromatic carbocycles. The highest BCUT2D eigenvalue weighted by Crippen LogP contribution is 2.29. The summed E-state index contributed by atoms with van der Waals surface area (Å²) in [5, 5.41) is 21.7. The van der Waals surface area contributed by atoms with Crippen LogP contribution in [0, 0.1) is 0 Å². The molecule has 0 fully saturated rings. The summed E-state index contributed by atoms with van der Waals surface area (Å²) in [5.41, 5.74) is 3.06. The predicted molar refractivity (Wildman–Crippen MR) is 176 cm³/mol. The Bertz CT molecular complexity index is 1490. The minimum Gasteiger partial charge on any atom is -0.457 e. The summed E-state index contributed by atoms with van der Waals surface area (Å²) < 4.78 is 21.5. The van der Waals surface area contributed by atoms with E-state index < -0.39 is 36.4 Å². The van der Waals surface area contributed by atoms with E-state index in [0.717, 1.165) is 11.1 Å². The summed E-state index contributed by atoms with van der Waals surface area (Å²) in [5.74, 6) is -0.971. The van der Waals surface area contributed by atoms with Crippen LogP contribution in [0.25, 0.3) is 0 Å². The van der Waals surface area contributed by atoms with Crippen molar-refractivity contribution in [1.29, 1.82) is 0 Å². The van der Waals surface area contributed by atoms with Crippen LogP contribution in [0.2, 0.25) is 10.0 Å². The molecule has 0 saturated heterocycles. The number of halogens is 2. The second kappa shape index (κ2) is 19.7. The Hall–Kier alpha value is -3.76. The van der Waals surface area contributed by atoms with E-state index in [-0.39, 0.29) is 13.2 Å². The lowest BCUT2D eigenvalue weighted by atomic mass is 10.0. The fraction of sp³-hybridized carbons (Fsp3) is 0.278. The van der Waals surface area contributed by atoms with E-state index in [1.807, 2.05) is 60.7 Å². The van der Waals surface area contributed by atoms with Crippen molar-refractivity contribution in [2.45, 2.75) is 51.5 Å². The maximum absolute atomic E-state index is 11.3. The molecule has 0 amide bonds. The number of carbonyl (C=O) groups is 2. The van der Waals surface area contributed by atoms with Gasteiger partial charge in [0.2, 0.25) is 0 Å². The molecule has 4 rings (SSSR count). The zero-order chi connectivity index (χ0) is 33.3. The first-order valence-corrected chi connectivity index (χ1v) is 15.3. The number of rotatable bonds is 14. The lowest BCUT2D eigenvalue weighted by Gasteiger charge is -2.23. The van der Waals surface area contributed by atoms with Crippen LogP contribution in [0.1, 0.15) is 48.3 Å². The number of benzene rings is 4. The molecule has 0 radical (unpaired) electrons. The fourth-order valence-electron chi connectivity index (χ4n) is 4.38. The normalized spacial score (nSPS) is 13.3. The Morgan fingerprint density at radius 1 is 0.609 bits per heavy atom. The first kappa shape index (κ1) is 36.7. The Kier molecular flexibility index (Phi) is 15.7. The van der Waals surface area contributed by atoms with E-state index in [0.29, 0.717) is 34.4 Å². The minimum atomic E-state index is -1.05. The van der Waals surface area contributed by atoms with Crippen LogP contribution in [0.15, 0.2) is 109 Å². The van der Waals surface area contributed by atoms with Crippen LogP contribution >= 0.6 is 23.2 Å². The molecule has 0 unspecified atom stereocenters. The molecule has 244 valence electrons. The van der Waals surface area contributed by atoms with Crippen molar-refractivity contribution in [3.63, 3.8) is 0 Å². The maximum atomic E-state index is 11.3. The van der Waals surface area contributed by atoms with E-state index in [1.165, 1.54) is 13.8 Å². The van der Waals surface area contributed by atoms with Crippen molar-refractivity contribution in [3.8, 4) is 0 Å². The second-order valence-electron chi connectivity index (χ2n) is 10.2. The van der Waals surface area contributed by atoms with E-state index in [2.05, 4.69) is 0 Å². The largest absolute Gasteiger partial charge is 0.457 e. The summed E-state index contributed by atoms with van der Waals surface area (Å²) in [4.78, 5) is 22.6. The first-order valence-electron chi connectivity index (χ1n) is 14.6. The van der Waals surface area contributed by atoms with Crippen LogP contribution in [0.5, 0.6) is 0 Å². The lowest BCUT2D eigenvalue weighted by molar-refractivity contribution is -0.158. The lowest BCUT2D eigenvalue weighted by Crippen LogP contribution is -2.29. The van der Waals surface area contributed by atoms with Gasteiger partial charge in [-0.15, -0.1) is 0 Å². The van der Waals surface area contributed by atoms with E-state index in [1.54, 1.807) is 48.5 Å². The molecule has 10 heteroatoms. The van der Waals surface area contributed by atoms with Gasteiger partial charge in [0.25, 0.3) is 0 Å². The standard InChI is InChI=1S/2C18H19ClO4/c1-13(20)23-17(12-22-11-14-7-3-2-4-8-14)18(21)15-9-5-6-10-16(15)19;1-13(20)23-18(15-9-5-6-10-16(15)19)17(21)12-22-11-14-7-3-2-4-8-14/h2*2-10,17-18,21H,11-12H2,1H3/t2*17-,18+/m10/s1. The number of hydrogen-bond acceptors (Lipinski definition) is 8. The summed E-state index contributed by atoms with van der Waals surface area (Å²) in [6.45, 7) is 3.42. The van der Waals surface area contributed by atoms with Gasteiger partial charge in [0, 0.05) is 35.0 Å². The number of aliphatic hydroxyl groups is 2. The van der Waals surface area contributed by atoms with Crippen LogP contribution < -0.4 is 0 Å². The first-order chi connectivity index (χ1) is 22.2. The second-order valence-corrected chi connectivity index (χ2v) is 11.0. The van der Waals surface area contributed by atoms with Crippen LogP contribution in [-0.4, -0.2) is 47.6 Å². The van der Waals surface area contributed by atoms with E-state index >= 15 is 0 Å². The fourth-order valence-corrected chi connectivity index (χ4v) is 4.87. The van der Waals surface area contributed by atoms with Crippen molar-refractivity contribution in [2.75, 3.05) is 13.2 Å². The molecular weight excluding hydrogens is 631 g/mol. The molecule has 46 heavy (non-hydrogen) atoms. The van der Waals surface area contributed by atoms with E-state index in [9.17, 15) is 19.8 Å². The Labute approximate surface area is 279 Å². The number of hydrogen-bond donors (Lipinski definition) is 2. The van der Waals surface area contributed by atoms with Gasteiger partial charge in [-0.25, -0.2) is 0 Å². The molecule has 8 nitrogen and oxygen atoms in total. The van der Waals surface area contributed by atoms with Gasteiger partial charge in [-0.3, -0.25) is 9.59 Å². The summed E-state index contributed by atoms with van der Waals surface area (Å²) >= 11 is 12.2. The summed E-state index contributed by atoms with van der Waals surface area (Å²) in [7, 11) is 0. The maximum Gasteiger partial charge on any atom is 0.303 e. The molecule has 0 aromatic heterocycles. The summed E-state index contributed by atoms with van der Waals surface area (Å²) in [6, 6.07) is 33.1. The van der Waals surface area contributed by atoms with Gasteiger partial charge in [0.15, 0.2) is 12.2 Å². The molecule has 0 heterocycles. The van der Waals surface area contributed by atoms with Gasteiger partial charge < -0.3 is 29.2 Å². The van der Waals surface area contributed by atoms with Crippen molar-refractivity contribution >= 4 is 35.1 Å². The third-order valence-electron chi connectivity index (χ3n) is 6.54. The zero-order valence-electron chi connectivity index (χ0n) is 25.6. The average molecular weight is 670 g/mol. The molecule has 4 atom stereocenters. The predicted octanol–water partition coefficient (Wildman–Crippen LogP) is 7.04. The molecular formula is C36H38Cl2O8. The third kappa shape index (κ3) is 12.6. The molecule has 0 aliphatic rings. The number of carbonyl (C=O) groups excluding carboxylic acids is 2. The SMILES string of the molecule is CC(=O)O[C@H](COCc1ccccc1)[C@@H](O)c1ccccc1Cl.CC(=O)O[C@H](c1ccccc1Cl)[C@@H](O)COCc1ccccc1. The van der Waals surface area contributed by atoms with Crippen molar-refractivity contribution in [3.05, 3.63) is 141 Å².